The van der Waals surface area contributed by atoms with E-state index in [4.69, 9.17) is 0 Å². The molecule has 0 spiro atoms. The van der Waals surface area contributed by atoms with E-state index in [1.54, 1.807) is 0 Å². The normalized spacial score (nSPS) is 32.1. The zero-order valence-electron chi connectivity index (χ0n) is 9.29. The Kier molecular flexibility index (Phi) is 3.94. The molecule has 0 radical (unpaired) electrons. The van der Waals surface area contributed by atoms with Crippen LogP contribution in [0.3, 0.4) is 0 Å². The summed E-state index contributed by atoms with van der Waals surface area (Å²) in [5, 5.41) is 0. The number of allylic oxidation sites excluding steroid dienone is 7. The Morgan fingerprint density at radius 1 is 1.36 bits per heavy atom. The fraction of sp³-hybridized carbons (Fsp3) is 0.429. The van der Waals surface area contributed by atoms with Gasteiger partial charge in [-0.2, -0.15) is 0 Å². The van der Waals surface area contributed by atoms with E-state index < -0.39 is 0 Å². The monoisotopic (exact) mass is 188 g/mol. The van der Waals surface area contributed by atoms with Crippen LogP contribution in [0.15, 0.2) is 48.6 Å². The second-order valence-electron chi connectivity index (χ2n) is 4.19. The van der Waals surface area contributed by atoms with Crippen LogP contribution in [0.2, 0.25) is 0 Å². The smallest absolute Gasteiger partial charge is 0.00437 e. The molecule has 76 valence electrons. The Hall–Kier alpha value is -1.04. The van der Waals surface area contributed by atoms with Gasteiger partial charge in [0.05, 0.1) is 0 Å². The predicted molar refractivity (Wildman–Crippen MR) is 64.2 cm³/mol. The Morgan fingerprint density at radius 2 is 2.07 bits per heavy atom. The second kappa shape index (κ2) is 4.99. The first-order chi connectivity index (χ1) is 6.69. The molecule has 1 rings (SSSR count). The third kappa shape index (κ3) is 2.73. The Morgan fingerprint density at radius 3 is 2.79 bits per heavy atom. The lowest BCUT2D eigenvalue weighted by molar-refractivity contribution is 0.381. The maximum Gasteiger partial charge on any atom is -0.00437 e. The summed E-state index contributed by atoms with van der Waals surface area (Å²) in [5.41, 5.74) is 1.49. The molecule has 0 nitrogen and oxygen atoms in total. The molecule has 1 atom stereocenters. The molecule has 1 aliphatic carbocycles. The van der Waals surface area contributed by atoms with Crippen LogP contribution in [0.4, 0.5) is 0 Å². The first-order valence-electron chi connectivity index (χ1n) is 5.33. The molecular formula is C14H20. The van der Waals surface area contributed by atoms with Gasteiger partial charge < -0.3 is 0 Å². The summed E-state index contributed by atoms with van der Waals surface area (Å²) in [4.78, 5) is 0. The minimum Gasteiger partial charge on any atom is -0.0953 e. The van der Waals surface area contributed by atoms with Crippen LogP contribution < -0.4 is 0 Å². The summed E-state index contributed by atoms with van der Waals surface area (Å²) in [7, 11) is 0. The predicted octanol–water partition coefficient (Wildman–Crippen LogP) is 4.42. The van der Waals surface area contributed by atoms with Gasteiger partial charge in [0.2, 0.25) is 0 Å². The Balaban J connectivity index is 2.76. The maximum atomic E-state index is 4.17. The van der Waals surface area contributed by atoms with Gasteiger partial charge in [-0.25, -0.2) is 0 Å². The molecule has 0 aromatic heterocycles. The molecule has 0 heteroatoms. The van der Waals surface area contributed by atoms with Crippen molar-refractivity contribution < 1.29 is 0 Å². The highest BCUT2D eigenvalue weighted by molar-refractivity contribution is 5.25. The van der Waals surface area contributed by atoms with Crippen molar-refractivity contribution in [3.63, 3.8) is 0 Å². The number of rotatable bonds is 2. The minimum atomic E-state index is 0.244. The zero-order valence-corrected chi connectivity index (χ0v) is 9.29. The SMILES string of the molecule is C=C(/C=C\C)C1(C)C/C=C\C=C/CC1. The molecule has 0 aliphatic heterocycles. The lowest BCUT2D eigenvalue weighted by Crippen LogP contribution is -2.17. The number of hydrogen-bond acceptors (Lipinski definition) is 0. The van der Waals surface area contributed by atoms with Crippen LogP contribution in [-0.4, -0.2) is 0 Å². The van der Waals surface area contributed by atoms with E-state index in [1.807, 2.05) is 6.92 Å². The fourth-order valence-electron chi connectivity index (χ4n) is 1.78. The van der Waals surface area contributed by atoms with Crippen molar-refractivity contribution >= 4 is 0 Å². The quantitative estimate of drug-likeness (QED) is 0.563. The van der Waals surface area contributed by atoms with Gasteiger partial charge >= 0.3 is 0 Å². The standard InChI is InChI=1S/C14H20/c1-4-10-13(2)14(3)11-8-6-5-7-9-12-14/h4-8,10H,2,9,11-12H2,1,3H3/b7-5-,8-6-,10-4-. The van der Waals surface area contributed by atoms with Crippen LogP contribution >= 0.6 is 0 Å². The van der Waals surface area contributed by atoms with Gasteiger partial charge in [-0.3, -0.25) is 0 Å². The van der Waals surface area contributed by atoms with Gasteiger partial charge in [-0.1, -0.05) is 50.0 Å². The average Bonchev–Trinajstić information content (AvgIpc) is 2.12. The highest BCUT2D eigenvalue weighted by Gasteiger charge is 2.24. The average molecular weight is 188 g/mol. The topological polar surface area (TPSA) is 0 Å². The van der Waals surface area contributed by atoms with Gasteiger partial charge in [-0.15, -0.1) is 0 Å². The summed E-state index contributed by atoms with van der Waals surface area (Å²) < 4.78 is 0. The summed E-state index contributed by atoms with van der Waals surface area (Å²) in [6.07, 6.45) is 16.4. The van der Waals surface area contributed by atoms with Crippen LogP contribution in [0, 0.1) is 5.41 Å². The molecule has 1 unspecified atom stereocenters. The number of hydrogen-bond donors (Lipinski definition) is 0. The molecule has 0 aromatic rings. The van der Waals surface area contributed by atoms with E-state index in [0.29, 0.717) is 0 Å². The van der Waals surface area contributed by atoms with Crippen molar-refractivity contribution in [2.45, 2.75) is 33.1 Å². The van der Waals surface area contributed by atoms with Crippen molar-refractivity contribution in [2.24, 2.45) is 5.41 Å². The van der Waals surface area contributed by atoms with Crippen LogP contribution in [0.1, 0.15) is 33.1 Å². The van der Waals surface area contributed by atoms with E-state index in [-0.39, 0.29) is 5.41 Å². The Labute approximate surface area is 87.7 Å². The molecule has 0 fully saturated rings. The van der Waals surface area contributed by atoms with E-state index in [0.717, 1.165) is 12.8 Å². The molecule has 14 heavy (non-hydrogen) atoms. The van der Waals surface area contributed by atoms with Gasteiger partial charge in [0.25, 0.3) is 0 Å². The highest BCUT2D eigenvalue weighted by Crippen LogP contribution is 2.37. The third-order valence-electron chi connectivity index (χ3n) is 2.96. The molecule has 0 bridgehead atoms. The summed E-state index contributed by atoms with van der Waals surface area (Å²) in [5.74, 6) is 0. The van der Waals surface area contributed by atoms with E-state index in [2.05, 4.69) is 50.0 Å². The van der Waals surface area contributed by atoms with Crippen molar-refractivity contribution in [1.29, 1.82) is 0 Å². The maximum absolute atomic E-state index is 4.17. The summed E-state index contributed by atoms with van der Waals surface area (Å²) in [6, 6.07) is 0. The van der Waals surface area contributed by atoms with Gasteiger partial charge in [-0.05, 0) is 37.2 Å². The lowest BCUT2D eigenvalue weighted by atomic mass is 9.75. The van der Waals surface area contributed by atoms with Gasteiger partial charge in [0, 0.05) is 0 Å². The van der Waals surface area contributed by atoms with Gasteiger partial charge in [0.15, 0.2) is 0 Å². The highest BCUT2D eigenvalue weighted by atomic mass is 14.3. The van der Waals surface area contributed by atoms with E-state index in [1.165, 1.54) is 12.0 Å². The molecular weight excluding hydrogens is 168 g/mol. The summed E-state index contributed by atoms with van der Waals surface area (Å²) >= 11 is 0. The molecule has 1 aliphatic rings. The molecule has 0 saturated carbocycles. The minimum absolute atomic E-state index is 0.244. The van der Waals surface area contributed by atoms with Crippen LogP contribution in [0.25, 0.3) is 0 Å². The fourth-order valence-corrected chi connectivity index (χ4v) is 1.78. The van der Waals surface area contributed by atoms with Gasteiger partial charge in [0.1, 0.15) is 0 Å². The first-order valence-corrected chi connectivity index (χ1v) is 5.33. The first kappa shape index (κ1) is 11.0. The van der Waals surface area contributed by atoms with Crippen molar-refractivity contribution in [3.8, 4) is 0 Å². The van der Waals surface area contributed by atoms with Crippen LogP contribution in [0.5, 0.6) is 0 Å². The van der Waals surface area contributed by atoms with Crippen molar-refractivity contribution in [1.82, 2.24) is 0 Å². The third-order valence-corrected chi connectivity index (χ3v) is 2.96. The Bertz CT molecular complexity index is 278. The van der Waals surface area contributed by atoms with Crippen LogP contribution in [-0.2, 0) is 0 Å². The van der Waals surface area contributed by atoms with Crippen molar-refractivity contribution in [2.75, 3.05) is 0 Å². The largest absolute Gasteiger partial charge is 0.0953 e. The second-order valence-corrected chi connectivity index (χ2v) is 4.19. The molecule has 0 heterocycles. The molecule has 0 amide bonds. The lowest BCUT2D eigenvalue weighted by Gasteiger charge is -2.29. The van der Waals surface area contributed by atoms with E-state index >= 15 is 0 Å². The molecule has 0 N–H and O–H groups in total. The van der Waals surface area contributed by atoms with Crippen molar-refractivity contribution in [3.05, 3.63) is 48.6 Å². The molecule has 0 saturated heterocycles. The summed E-state index contributed by atoms with van der Waals surface area (Å²) in [6.45, 7) is 8.52. The zero-order chi connectivity index (χ0) is 10.4. The van der Waals surface area contributed by atoms with E-state index in [9.17, 15) is 0 Å². The molecule has 0 aromatic carbocycles.